The molecule has 8 nitrogen and oxygen atoms in total. The van der Waals surface area contributed by atoms with Crippen LogP contribution in [0.25, 0.3) is 22.3 Å². The summed E-state index contributed by atoms with van der Waals surface area (Å²) in [4.78, 5) is 26.9. The molecule has 0 unspecified atom stereocenters. The summed E-state index contributed by atoms with van der Waals surface area (Å²) in [6, 6.07) is 16.5. The highest BCUT2D eigenvalue weighted by molar-refractivity contribution is 6.29. The van der Waals surface area contributed by atoms with Crippen LogP contribution in [0.2, 0.25) is 5.15 Å². The van der Waals surface area contributed by atoms with Crippen molar-refractivity contribution in [2.75, 3.05) is 38.1 Å². The molecule has 2 aromatic carbocycles. The monoisotopic (exact) mass is 572 g/mol. The molecule has 6 rings (SSSR count). The van der Waals surface area contributed by atoms with Crippen molar-refractivity contribution >= 4 is 28.2 Å². The van der Waals surface area contributed by atoms with E-state index in [4.69, 9.17) is 16.1 Å². The lowest BCUT2D eigenvalue weighted by Crippen LogP contribution is -2.44. The molecule has 5 aromatic rings. The molecule has 10 heteroatoms. The normalized spacial score (nSPS) is 14.6. The summed E-state index contributed by atoms with van der Waals surface area (Å²) < 4.78 is 23.2. The SMILES string of the molecule is CN1CCN(c2cc3c(cc2F)c(=O)c(-c2noc(C(C)(C)c4ccccc4)n2)cn3Cc2ccc(Cl)nc2)CC1. The van der Waals surface area contributed by atoms with Gasteiger partial charge in [0.25, 0.3) is 0 Å². The van der Waals surface area contributed by atoms with E-state index in [9.17, 15) is 4.79 Å². The van der Waals surface area contributed by atoms with Gasteiger partial charge in [-0.1, -0.05) is 53.2 Å². The zero-order chi connectivity index (χ0) is 28.7. The lowest BCUT2D eigenvalue weighted by molar-refractivity contribution is 0.312. The first-order chi connectivity index (χ1) is 19.7. The number of benzene rings is 2. The molecule has 41 heavy (non-hydrogen) atoms. The Balaban J connectivity index is 1.48. The van der Waals surface area contributed by atoms with Gasteiger partial charge in [-0.25, -0.2) is 9.37 Å². The molecule has 0 atom stereocenters. The van der Waals surface area contributed by atoms with Crippen LogP contribution < -0.4 is 10.3 Å². The minimum absolute atomic E-state index is 0.155. The zero-order valence-electron chi connectivity index (χ0n) is 23.1. The maximum absolute atomic E-state index is 15.6. The number of hydrogen-bond donors (Lipinski definition) is 0. The molecule has 1 fully saturated rings. The van der Waals surface area contributed by atoms with E-state index in [1.54, 1.807) is 24.5 Å². The van der Waals surface area contributed by atoms with E-state index in [2.05, 4.69) is 27.1 Å². The number of rotatable bonds is 6. The number of aromatic nitrogens is 4. The van der Waals surface area contributed by atoms with Crippen molar-refractivity contribution in [2.45, 2.75) is 25.8 Å². The molecule has 0 bridgehead atoms. The van der Waals surface area contributed by atoms with E-state index < -0.39 is 11.2 Å². The average Bonchev–Trinajstić information content (AvgIpc) is 3.48. The Labute approximate surface area is 242 Å². The summed E-state index contributed by atoms with van der Waals surface area (Å²) in [7, 11) is 2.05. The Kier molecular flexibility index (Phi) is 7.09. The fourth-order valence-electron chi connectivity index (χ4n) is 5.24. The van der Waals surface area contributed by atoms with Crippen molar-refractivity contribution in [3.8, 4) is 11.4 Å². The third-order valence-electron chi connectivity index (χ3n) is 7.83. The minimum atomic E-state index is -0.582. The van der Waals surface area contributed by atoms with Crippen LogP contribution in [-0.4, -0.2) is 57.8 Å². The lowest BCUT2D eigenvalue weighted by Gasteiger charge is -2.34. The number of fused-ring (bicyclic) bond motifs is 1. The van der Waals surface area contributed by atoms with Crippen molar-refractivity contribution in [1.29, 1.82) is 0 Å². The summed E-state index contributed by atoms with van der Waals surface area (Å²) in [5.74, 6) is 0.0979. The fourth-order valence-corrected chi connectivity index (χ4v) is 5.35. The van der Waals surface area contributed by atoms with Crippen molar-refractivity contribution in [1.82, 2.24) is 24.6 Å². The van der Waals surface area contributed by atoms with E-state index in [0.29, 0.717) is 41.9 Å². The van der Waals surface area contributed by atoms with Gasteiger partial charge < -0.3 is 18.9 Å². The fraction of sp³-hybridized carbons (Fsp3) is 0.290. The van der Waals surface area contributed by atoms with Gasteiger partial charge >= 0.3 is 0 Å². The average molecular weight is 573 g/mol. The van der Waals surface area contributed by atoms with E-state index >= 15 is 4.39 Å². The second kappa shape index (κ2) is 10.7. The molecular weight excluding hydrogens is 543 g/mol. The highest BCUT2D eigenvalue weighted by atomic mass is 35.5. The number of nitrogens with zero attached hydrogens (tertiary/aromatic N) is 6. The maximum atomic E-state index is 15.6. The molecule has 1 aliphatic heterocycles. The van der Waals surface area contributed by atoms with Crippen LogP contribution in [0.15, 0.2) is 76.3 Å². The Bertz CT molecular complexity index is 1760. The smallest absolute Gasteiger partial charge is 0.237 e. The largest absolute Gasteiger partial charge is 0.367 e. The van der Waals surface area contributed by atoms with Crippen LogP contribution in [0.1, 0.15) is 30.9 Å². The van der Waals surface area contributed by atoms with Crippen LogP contribution in [0, 0.1) is 5.82 Å². The number of pyridine rings is 2. The molecule has 0 N–H and O–H groups in total. The van der Waals surface area contributed by atoms with Gasteiger partial charge in [-0.2, -0.15) is 4.98 Å². The van der Waals surface area contributed by atoms with Gasteiger partial charge in [0.1, 0.15) is 11.0 Å². The van der Waals surface area contributed by atoms with E-state index in [0.717, 1.165) is 24.2 Å². The van der Waals surface area contributed by atoms with Crippen LogP contribution in [0.5, 0.6) is 0 Å². The Morgan fingerprint density at radius 3 is 2.51 bits per heavy atom. The van der Waals surface area contributed by atoms with Crippen LogP contribution in [0.4, 0.5) is 10.1 Å². The molecule has 1 aliphatic rings. The summed E-state index contributed by atoms with van der Waals surface area (Å²) in [6.07, 6.45) is 3.40. The second-order valence-electron chi connectivity index (χ2n) is 11.0. The van der Waals surface area contributed by atoms with E-state index in [1.807, 2.05) is 59.7 Å². The number of likely N-dealkylation sites (N-methyl/N-ethyl adjacent to an activating group) is 1. The topological polar surface area (TPSA) is 80.3 Å². The zero-order valence-corrected chi connectivity index (χ0v) is 23.9. The summed E-state index contributed by atoms with van der Waals surface area (Å²) in [5, 5.41) is 4.82. The van der Waals surface area contributed by atoms with Gasteiger partial charge in [-0.05, 0) is 50.2 Å². The molecule has 3 aromatic heterocycles. The predicted molar refractivity (Wildman–Crippen MR) is 158 cm³/mol. The molecule has 210 valence electrons. The van der Waals surface area contributed by atoms with E-state index in [-0.39, 0.29) is 22.2 Å². The number of halogens is 2. The molecule has 0 saturated carbocycles. The minimum Gasteiger partial charge on any atom is -0.367 e. The lowest BCUT2D eigenvalue weighted by atomic mass is 9.84. The standard InChI is InChI=1S/C31H30ClFN6O2/c1-31(2,21-7-5-4-6-8-21)30-35-29(36-41-30)23-19-39(18-20-9-10-27(32)34-17-20)25-16-26(24(33)15-22(25)28(23)40)38-13-11-37(3)12-14-38/h4-10,15-17,19H,11-14,18H2,1-3H3. The molecule has 0 amide bonds. The third kappa shape index (κ3) is 5.23. The molecule has 4 heterocycles. The van der Waals surface area contributed by atoms with Crippen molar-refractivity contribution in [3.63, 3.8) is 0 Å². The van der Waals surface area contributed by atoms with Crippen LogP contribution in [0.3, 0.4) is 0 Å². The molecular formula is C31H30ClFN6O2. The van der Waals surface area contributed by atoms with E-state index in [1.165, 1.54) is 6.07 Å². The quantitative estimate of drug-likeness (QED) is 0.253. The number of piperazine rings is 1. The first kappa shape index (κ1) is 27.1. The van der Waals surface area contributed by atoms with Gasteiger partial charge in [0.2, 0.25) is 17.1 Å². The maximum Gasteiger partial charge on any atom is 0.237 e. The Morgan fingerprint density at radius 1 is 1.05 bits per heavy atom. The number of anilines is 1. The predicted octanol–water partition coefficient (Wildman–Crippen LogP) is 5.37. The number of hydrogen-bond acceptors (Lipinski definition) is 7. The van der Waals surface area contributed by atoms with Crippen molar-refractivity contribution in [3.05, 3.63) is 105 Å². The third-order valence-corrected chi connectivity index (χ3v) is 8.05. The molecule has 0 radical (unpaired) electrons. The summed E-state index contributed by atoms with van der Waals surface area (Å²) >= 11 is 6.02. The van der Waals surface area contributed by atoms with Gasteiger partial charge in [-0.3, -0.25) is 4.79 Å². The van der Waals surface area contributed by atoms with Gasteiger partial charge in [-0.15, -0.1) is 0 Å². The molecule has 1 saturated heterocycles. The highest BCUT2D eigenvalue weighted by Crippen LogP contribution is 2.32. The van der Waals surface area contributed by atoms with Gasteiger partial charge in [0.05, 0.1) is 22.2 Å². The summed E-state index contributed by atoms with van der Waals surface area (Å²) in [5.41, 5.74) is 2.24. The van der Waals surface area contributed by atoms with Gasteiger partial charge in [0, 0.05) is 50.5 Å². The van der Waals surface area contributed by atoms with Crippen LogP contribution in [-0.2, 0) is 12.0 Å². The second-order valence-corrected chi connectivity index (χ2v) is 11.4. The van der Waals surface area contributed by atoms with Gasteiger partial charge in [0.15, 0.2) is 0 Å². The first-order valence-corrected chi connectivity index (χ1v) is 13.9. The van der Waals surface area contributed by atoms with Crippen molar-refractivity contribution in [2.24, 2.45) is 0 Å². The van der Waals surface area contributed by atoms with Crippen LogP contribution >= 0.6 is 11.6 Å². The molecule has 0 aliphatic carbocycles. The Morgan fingerprint density at radius 2 is 1.80 bits per heavy atom. The Hall–Kier alpha value is -4.08. The van der Waals surface area contributed by atoms with Crippen molar-refractivity contribution < 1.29 is 8.91 Å². The molecule has 0 spiro atoms. The highest BCUT2D eigenvalue weighted by Gasteiger charge is 2.31. The summed E-state index contributed by atoms with van der Waals surface area (Å²) in [6.45, 7) is 7.42. The first-order valence-electron chi connectivity index (χ1n) is 13.5.